The van der Waals surface area contributed by atoms with Crippen molar-refractivity contribution in [2.24, 2.45) is 0 Å². The average Bonchev–Trinajstić information content (AvgIpc) is 2.25. The van der Waals surface area contributed by atoms with E-state index in [4.69, 9.17) is 14.2 Å². The molecule has 7 nitrogen and oxygen atoms in total. The Bertz CT molecular complexity index is 333. The maximum Gasteiger partial charge on any atom is 0.217 e. The summed E-state index contributed by atoms with van der Waals surface area (Å²) in [7, 11) is 0. The van der Waals surface area contributed by atoms with Gasteiger partial charge in [0.2, 0.25) is 5.91 Å². The maximum absolute atomic E-state index is 11.0. The molecule has 3 N–H and O–H groups in total. The number of hydrogen-bond acceptors (Lipinski definition) is 6. The SMILES string of the molecule is CC(=O)N[C@@H]1[C@H](O)[C@@H]2OC(C)(C)OC[C@H]2O[C@@H]1O. The minimum atomic E-state index is -1.28. The molecule has 2 saturated heterocycles. The van der Waals surface area contributed by atoms with Crippen molar-refractivity contribution in [2.75, 3.05) is 6.61 Å². The molecule has 2 heterocycles. The zero-order chi connectivity index (χ0) is 13.5. The van der Waals surface area contributed by atoms with Crippen LogP contribution < -0.4 is 5.32 Å². The van der Waals surface area contributed by atoms with Gasteiger partial charge < -0.3 is 29.7 Å². The van der Waals surface area contributed by atoms with E-state index in [1.165, 1.54) is 6.92 Å². The lowest BCUT2D eigenvalue weighted by Gasteiger charge is -2.48. The van der Waals surface area contributed by atoms with Gasteiger partial charge in [-0.05, 0) is 13.8 Å². The fraction of sp³-hybridized carbons (Fsp3) is 0.909. The largest absolute Gasteiger partial charge is 0.388 e. The molecule has 7 heteroatoms. The van der Waals surface area contributed by atoms with Gasteiger partial charge in [-0.3, -0.25) is 4.79 Å². The highest BCUT2D eigenvalue weighted by atomic mass is 16.7. The summed E-state index contributed by atoms with van der Waals surface area (Å²) in [6.45, 7) is 4.99. The van der Waals surface area contributed by atoms with Crippen LogP contribution in [0.4, 0.5) is 0 Å². The van der Waals surface area contributed by atoms with Crippen molar-refractivity contribution in [3.8, 4) is 0 Å². The van der Waals surface area contributed by atoms with Crippen LogP contribution in [0.1, 0.15) is 20.8 Å². The molecule has 0 aromatic heterocycles. The average molecular weight is 261 g/mol. The molecule has 0 saturated carbocycles. The molecular formula is C11H19NO6. The van der Waals surface area contributed by atoms with Crippen molar-refractivity contribution in [3.05, 3.63) is 0 Å². The van der Waals surface area contributed by atoms with Crippen LogP contribution in [-0.2, 0) is 19.0 Å². The number of amides is 1. The summed E-state index contributed by atoms with van der Waals surface area (Å²) in [5.41, 5.74) is 0. The predicted octanol–water partition coefficient (Wildman–Crippen LogP) is -1.28. The Kier molecular flexibility index (Phi) is 3.61. The van der Waals surface area contributed by atoms with Gasteiger partial charge in [0, 0.05) is 6.92 Å². The van der Waals surface area contributed by atoms with E-state index in [-0.39, 0.29) is 12.5 Å². The molecule has 0 aromatic rings. The standard InChI is InChI=1S/C11H19NO6/c1-5(13)12-7-8(14)9-6(17-10(7)15)4-16-11(2,3)18-9/h6-10,14-15H,4H2,1-3H3,(H,12,13)/t6-,7-,8+,9-,10+/m1/s1. The number of rotatable bonds is 1. The van der Waals surface area contributed by atoms with Crippen molar-refractivity contribution in [1.82, 2.24) is 5.32 Å². The third-order valence-corrected chi connectivity index (χ3v) is 3.08. The number of ether oxygens (including phenoxy) is 3. The molecule has 0 unspecified atom stereocenters. The van der Waals surface area contributed by atoms with Gasteiger partial charge in [-0.1, -0.05) is 0 Å². The van der Waals surface area contributed by atoms with Crippen LogP contribution in [0, 0.1) is 0 Å². The molecule has 2 aliphatic heterocycles. The molecule has 0 radical (unpaired) electrons. The molecule has 0 aliphatic carbocycles. The normalized spacial score (nSPS) is 43.1. The first-order chi connectivity index (χ1) is 8.30. The fourth-order valence-electron chi connectivity index (χ4n) is 2.25. The number of aliphatic hydroxyl groups excluding tert-OH is 2. The lowest BCUT2D eigenvalue weighted by molar-refractivity contribution is -0.364. The quantitative estimate of drug-likeness (QED) is 0.544. The molecule has 5 atom stereocenters. The lowest BCUT2D eigenvalue weighted by atomic mass is 9.95. The fourth-order valence-corrected chi connectivity index (χ4v) is 2.25. The second kappa shape index (κ2) is 4.75. The van der Waals surface area contributed by atoms with Crippen molar-refractivity contribution >= 4 is 5.91 Å². The van der Waals surface area contributed by atoms with Crippen molar-refractivity contribution in [3.63, 3.8) is 0 Å². The number of nitrogens with one attached hydrogen (secondary N) is 1. The third kappa shape index (κ3) is 2.65. The highest BCUT2D eigenvalue weighted by molar-refractivity contribution is 5.73. The molecular weight excluding hydrogens is 242 g/mol. The molecule has 0 bridgehead atoms. The minimum absolute atomic E-state index is 0.221. The van der Waals surface area contributed by atoms with Gasteiger partial charge in [-0.25, -0.2) is 0 Å². The summed E-state index contributed by atoms with van der Waals surface area (Å²) in [6, 6.07) is -0.905. The Hall–Kier alpha value is -0.730. The molecule has 0 aromatic carbocycles. The van der Waals surface area contributed by atoms with E-state index < -0.39 is 36.4 Å². The highest BCUT2D eigenvalue weighted by Gasteiger charge is 2.50. The zero-order valence-electron chi connectivity index (χ0n) is 10.6. The van der Waals surface area contributed by atoms with E-state index in [1.807, 2.05) is 0 Å². The van der Waals surface area contributed by atoms with E-state index in [0.717, 1.165) is 0 Å². The third-order valence-electron chi connectivity index (χ3n) is 3.08. The Labute approximate surface area is 105 Å². The first kappa shape index (κ1) is 13.7. The molecule has 2 rings (SSSR count). The van der Waals surface area contributed by atoms with Crippen LogP contribution in [-0.4, -0.2) is 59.2 Å². The first-order valence-corrected chi connectivity index (χ1v) is 5.90. The van der Waals surface area contributed by atoms with E-state index in [2.05, 4.69) is 5.32 Å². The Morgan fingerprint density at radius 1 is 1.39 bits per heavy atom. The van der Waals surface area contributed by atoms with Crippen molar-refractivity contribution in [2.45, 2.75) is 57.2 Å². The van der Waals surface area contributed by atoms with E-state index in [1.54, 1.807) is 13.8 Å². The second-order valence-corrected chi connectivity index (χ2v) is 5.08. The molecule has 18 heavy (non-hydrogen) atoms. The lowest BCUT2D eigenvalue weighted by Crippen LogP contribution is -2.67. The van der Waals surface area contributed by atoms with Crippen molar-refractivity contribution < 1.29 is 29.2 Å². The van der Waals surface area contributed by atoms with Crippen LogP contribution >= 0.6 is 0 Å². The zero-order valence-corrected chi connectivity index (χ0v) is 10.6. The molecule has 2 fully saturated rings. The number of carbonyl (C=O) groups is 1. The topological polar surface area (TPSA) is 97.3 Å². The molecule has 1 amide bonds. The van der Waals surface area contributed by atoms with Gasteiger partial charge in [0.15, 0.2) is 12.1 Å². The van der Waals surface area contributed by atoms with Crippen molar-refractivity contribution in [1.29, 1.82) is 0 Å². The van der Waals surface area contributed by atoms with Gasteiger partial charge in [0.05, 0.1) is 6.61 Å². The predicted molar refractivity (Wildman–Crippen MR) is 59.4 cm³/mol. The summed E-state index contributed by atoms with van der Waals surface area (Å²) in [5.74, 6) is -1.18. The molecule has 104 valence electrons. The van der Waals surface area contributed by atoms with Crippen LogP contribution in [0.3, 0.4) is 0 Å². The monoisotopic (exact) mass is 261 g/mol. The Morgan fingerprint density at radius 3 is 2.67 bits per heavy atom. The van der Waals surface area contributed by atoms with E-state index in [0.29, 0.717) is 0 Å². The number of hydrogen-bond donors (Lipinski definition) is 3. The van der Waals surface area contributed by atoms with E-state index in [9.17, 15) is 15.0 Å². The summed E-state index contributed by atoms with van der Waals surface area (Å²) in [4.78, 5) is 11.0. The maximum atomic E-state index is 11.0. The Balaban J connectivity index is 2.12. The summed E-state index contributed by atoms with van der Waals surface area (Å²) in [6.07, 6.45) is -3.52. The number of carbonyl (C=O) groups excluding carboxylic acids is 1. The number of aliphatic hydroxyl groups is 2. The van der Waals surface area contributed by atoms with Crippen LogP contribution in [0.15, 0.2) is 0 Å². The number of fused-ring (bicyclic) bond motifs is 1. The summed E-state index contributed by atoms with van der Waals surface area (Å²) < 4.78 is 16.3. The first-order valence-electron chi connectivity index (χ1n) is 5.90. The van der Waals surface area contributed by atoms with E-state index >= 15 is 0 Å². The molecule has 0 spiro atoms. The smallest absolute Gasteiger partial charge is 0.217 e. The summed E-state index contributed by atoms with van der Waals surface area (Å²) >= 11 is 0. The minimum Gasteiger partial charge on any atom is -0.388 e. The van der Waals surface area contributed by atoms with Gasteiger partial charge in [-0.15, -0.1) is 0 Å². The van der Waals surface area contributed by atoms with Gasteiger partial charge >= 0.3 is 0 Å². The van der Waals surface area contributed by atoms with Crippen LogP contribution in [0.25, 0.3) is 0 Å². The van der Waals surface area contributed by atoms with Crippen LogP contribution in [0.2, 0.25) is 0 Å². The van der Waals surface area contributed by atoms with Gasteiger partial charge in [0.25, 0.3) is 0 Å². The van der Waals surface area contributed by atoms with Gasteiger partial charge in [0.1, 0.15) is 24.4 Å². The summed E-state index contributed by atoms with van der Waals surface area (Å²) in [5, 5.41) is 22.4. The van der Waals surface area contributed by atoms with Crippen LogP contribution in [0.5, 0.6) is 0 Å². The second-order valence-electron chi connectivity index (χ2n) is 5.08. The van der Waals surface area contributed by atoms with Gasteiger partial charge in [-0.2, -0.15) is 0 Å². The Morgan fingerprint density at radius 2 is 2.06 bits per heavy atom. The highest BCUT2D eigenvalue weighted by Crippen LogP contribution is 2.31. The molecule has 2 aliphatic rings.